The molecule has 9 nitrogen and oxygen atoms in total. The molecule has 2 aromatic rings. The van der Waals surface area contributed by atoms with Crippen LogP contribution in [-0.4, -0.2) is 55.8 Å². The summed E-state index contributed by atoms with van der Waals surface area (Å²) in [5, 5.41) is 20.7. The molecule has 1 amide bonds. The molecule has 2 fully saturated rings. The Bertz CT molecular complexity index is 1090. The fourth-order valence-corrected chi connectivity index (χ4v) is 5.57. The van der Waals surface area contributed by atoms with E-state index in [2.05, 4.69) is 23.8 Å². The van der Waals surface area contributed by atoms with Gasteiger partial charge < -0.3 is 15.0 Å². The fraction of sp³-hybridized carbons (Fsp3) is 0.577. The third-order valence-corrected chi connectivity index (χ3v) is 7.74. The van der Waals surface area contributed by atoms with Crippen molar-refractivity contribution in [3.63, 3.8) is 0 Å². The van der Waals surface area contributed by atoms with Gasteiger partial charge in [0.2, 0.25) is 5.91 Å². The van der Waals surface area contributed by atoms with Gasteiger partial charge in [-0.2, -0.15) is 0 Å². The van der Waals surface area contributed by atoms with Crippen LogP contribution < -0.4 is 0 Å². The predicted molar refractivity (Wildman–Crippen MR) is 130 cm³/mol. The number of rotatable bonds is 9. The standard InChI is InChI=1S/C26H34N4O5/c1-26(2)15-21(23(32)8-9-24(33)29-12-10-20(31)11-13-29)22(26)7-6-18-16-27-25(28-18)17-4-3-5-19(14-17)30(34)35/h3-5,14,16,20-22,31H,6-13,15H2,1-2H3,(H,27,28)/t21-,22+/m0/s1. The molecule has 0 spiro atoms. The summed E-state index contributed by atoms with van der Waals surface area (Å²) in [5.41, 5.74) is 1.68. The Hall–Kier alpha value is -3.07. The fourth-order valence-electron chi connectivity index (χ4n) is 5.57. The number of aryl methyl sites for hydroxylation is 1. The molecule has 1 aliphatic carbocycles. The minimum absolute atomic E-state index is 0.00604. The number of nitrogens with zero attached hydrogens (tertiary/aromatic N) is 3. The number of hydrogen-bond acceptors (Lipinski definition) is 6. The summed E-state index contributed by atoms with van der Waals surface area (Å²) in [6.07, 6.45) is 5.56. The van der Waals surface area contributed by atoms with Crippen molar-refractivity contribution in [3.05, 3.63) is 46.3 Å². The van der Waals surface area contributed by atoms with Crippen LogP contribution in [0.1, 0.15) is 58.1 Å². The van der Waals surface area contributed by atoms with E-state index < -0.39 is 4.92 Å². The number of aromatic nitrogens is 2. The topological polar surface area (TPSA) is 129 Å². The van der Waals surface area contributed by atoms with Crippen LogP contribution in [0.25, 0.3) is 11.4 Å². The van der Waals surface area contributed by atoms with E-state index in [4.69, 9.17) is 0 Å². The molecule has 35 heavy (non-hydrogen) atoms. The first kappa shape index (κ1) is 25.0. The summed E-state index contributed by atoms with van der Waals surface area (Å²) in [6, 6.07) is 6.38. The van der Waals surface area contributed by atoms with E-state index in [0.29, 0.717) is 37.3 Å². The summed E-state index contributed by atoms with van der Waals surface area (Å²) in [4.78, 5) is 45.5. The number of nitro groups is 1. The Labute approximate surface area is 205 Å². The second kappa shape index (κ2) is 10.3. The van der Waals surface area contributed by atoms with Crippen molar-refractivity contribution in [1.29, 1.82) is 0 Å². The van der Waals surface area contributed by atoms with Gasteiger partial charge in [0.1, 0.15) is 11.6 Å². The van der Waals surface area contributed by atoms with E-state index in [1.165, 1.54) is 12.1 Å². The van der Waals surface area contributed by atoms with Crippen molar-refractivity contribution in [3.8, 4) is 11.4 Å². The van der Waals surface area contributed by atoms with Gasteiger partial charge in [-0.25, -0.2) is 4.98 Å². The molecule has 4 rings (SSSR count). The van der Waals surface area contributed by atoms with Crippen LogP contribution in [0.3, 0.4) is 0 Å². The van der Waals surface area contributed by atoms with Crippen molar-refractivity contribution >= 4 is 17.4 Å². The van der Waals surface area contributed by atoms with Crippen LogP contribution in [0.4, 0.5) is 5.69 Å². The van der Waals surface area contributed by atoms with Gasteiger partial charge in [-0.05, 0) is 43.4 Å². The number of aromatic amines is 1. The molecule has 2 aliphatic rings. The van der Waals surface area contributed by atoms with E-state index in [1.54, 1.807) is 23.2 Å². The number of carbonyl (C=O) groups excluding carboxylic acids is 2. The second-order valence-electron chi connectivity index (χ2n) is 10.6. The molecule has 1 aromatic carbocycles. The van der Waals surface area contributed by atoms with Gasteiger partial charge in [0.05, 0.1) is 11.0 Å². The maximum absolute atomic E-state index is 13.0. The Morgan fingerprint density at radius 2 is 2.00 bits per heavy atom. The lowest BCUT2D eigenvalue weighted by atomic mass is 9.53. The minimum Gasteiger partial charge on any atom is -0.393 e. The number of likely N-dealkylation sites (tertiary alicyclic amines) is 1. The number of aliphatic hydroxyl groups excluding tert-OH is 1. The summed E-state index contributed by atoms with van der Waals surface area (Å²) in [7, 11) is 0. The van der Waals surface area contributed by atoms with Crippen LogP contribution in [0.2, 0.25) is 0 Å². The number of benzene rings is 1. The number of Topliss-reactive ketones (excluding diaryl/α,β-unsaturated/α-hetero) is 1. The molecule has 0 bridgehead atoms. The second-order valence-corrected chi connectivity index (χ2v) is 10.6. The molecule has 188 valence electrons. The molecular weight excluding hydrogens is 448 g/mol. The van der Waals surface area contributed by atoms with Crippen molar-refractivity contribution in [2.24, 2.45) is 17.3 Å². The van der Waals surface area contributed by atoms with Gasteiger partial charge in [-0.1, -0.05) is 26.0 Å². The number of non-ortho nitro benzene ring substituents is 1. The lowest BCUT2D eigenvalue weighted by Crippen LogP contribution is -2.48. The highest BCUT2D eigenvalue weighted by Gasteiger charge is 2.49. The van der Waals surface area contributed by atoms with E-state index >= 15 is 0 Å². The number of carbonyl (C=O) groups is 2. The zero-order valence-corrected chi connectivity index (χ0v) is 20.4. The number of aliphatic hydroxyl groups is 1. The molecule has 1 saturated carbocycles. The number of imidazole rings is 1. The normalized spacial score (nSPS) is 22.0. The maximum atomic E-state index is 13.0. The molecule has 0 unspecified atom stereocenters. The summed E-state index contributed by atoms with van der Waals surface area (Å²) < 4.78 is 0. The number of nitrogens with one attached hydrogen (secondary N) is 1. The van der Waals surface area contributed by atoms with Crippen LogP contribution >= 0.6 is 0 Å². The highest BCUT2D eigenvalue weighted by atomic mass is 16.6. The monoisotopic (exact) mass is 482 g/mol. The van der Waals surface area contributed by atoms with Crippen LogP contribution in [0.15, 0.2) is 30.5 Å². The molecule has 1 aliphatic heterocycles. The smallest absolute Gasteiger partial charge is 0.270 e. The van der Waals surface area contributed by atoms with Gasteiger partial charge in [-0.3, -0.25) is 19.7 Å². The first-order valence-corrected chi connectivity index (χ1v) is 12.4. The molecular formula is C26H34N4O5. The number of hydrogen-bond donors (Lipinski definition) is 2. The first-order chi connectivity index (χ1) is 16.6. The predicted octanol–water partition coefficient (Wildman–Crippen LogP) is 3.91. The van der Waals surface area contributed by atoms with E-state index in [0.717, 1.165) is 25.0 Å². The van der Waals surface area contributed by atoms with E-state index in [9.17, 15) is 24.8 Å². The summed E-state index contributed by atoms with van der Waals surface area (Å²) in [6.45, 7) is 5.51. The Morgan fingerprint density at radius 1 is 1.26 bits per heavy atom. The molecule has 0 radical (unpaired) electrons. The third-order valence-electron chi connectivity index (χ3n) is 7.74. The lowest BCUT2D eigenvalue weighted by molar-refractivity contribution is -0.384. The number of H-pyrrole nitrogens is 1. The minimum atomic E-state index is -0.423. The van der Waals surface area contributed by atoms with Gasteiger partial charge in [0.25, 0.3) is 5.69 Å². The molecule has 2 heterocycles. The van der Waals surface area contributed by atoms with Crippen LogP contribution in [-0.2, 0) is 16.0 Å². The average molecular weight is 483 g/mol. The zero-order chi connectivity index (χ0) is 25.2. The van der Waals surface area contributed by atoms with Gasteiger partial charge in [-0.15, -0.1) is 0 Å². The van der Waals surface area contributed by atoms with E-state index in [-0.39, 0.29) is 53.6 Å². The third kappa shape index (κ3) is 5.78. The molecule has 2 atom stereocenters. The SMILES string of the molecule is CC1(C)C[C@H](C(=O)CCC(=O)N2CCC(O)CC2)[C@H]1CCc1cnc(-c2cccc([N+](=O)[O-])c2)[nH]1. The Kier molecular flexibility index (Phi) is 7.35. The summed E-state index contributed by atoms with van der Waals surface area (Å²) in [5.74, 6) is 0.973. The quantitative estimate of drug-likeness (QED) is 0.412. The number of piperidine rings is 1. The molecule has 1 aromatic heterocycles. The number of nitro benzene ring substituents is 1. The van der Waals surface area contributed by atoms with Crippen molar-refractivity contribution < 1.29 is 19.6 Å². The highest BCUT2D eigenvalue weighted by molar-refractivity contribution is 5.87. The average Bonchev–Trinajstić information content (AvgIpc) is 3.30. The highest BCUT2D eigenvalue weighted by Crippen LogP contribution is 2.53. The molecule has 2 N–H and O–H groups in total. The van der Waals surface area contributed by atoms with Crippen LogP contribution in [0, 0.1) is 27.4 Å². The van der Waals surface area contributed by atoms with Crippen molar-refractivity contribution in [1.82, 2.24) is 14.9 Å². The van der Waals surface area contributed by atoms with Crippen molar-refractivity contribution in [2.75, 3.05) is 13.1 Å². The number of amides is 1. The van der Waals surface area contributed by atoms with E-state index in [1.807, 2.05) is 0 Å². The van der Waals surface area contributed by atoms with Crippen LogP contribution in [0.5, 0.6) is 0 Å². The zero-order valence-electron chi connectivity index (χ0n) is 20.4. The Morgan fingerprint density at radius 3 is 2.69 bits per heavy atom. The lowest BCUT2D eigenvalue weighted by Gasteiger charge is -2.51. The van der Waals surface area contributed by atoms with Gasteiger partial charge in [0.15, 0.2) is 0 Å². The summed E-state index contributed by atoms with van der Waals surface area (Å²) >= 11 is 0. The maximum Gasteiger partial charge on any atom is 0.270 e. The largest absolute Gasteiger partial charge is 0.393 e. The molecule has 1 saturated heterocycles. The molecule has 9 heteroatoms. The van der Waals surface area contributed by atoms with Crippen molar-refractivity contribution in [2.45, 2.75) is 64.9 Å². The first-order valence-electron chi connectivity index (χ1n) is 12.4. The van der Waals surface area contributed by atoms with Gasteiger partial charge in [0, 0.05) is 61.4 Å². The number of ketones is 1. The Balaban J connectivity index is 1.30. The van der Waals surface area contributed by atoms with Gasteiger partial charge >= 0.3 is 0 Å².